The van der Waals surface area contributed by atoms with Crippen molar-refractivity contribution >= 4 is 27.7 Å². The molecule has 1 N–H and O–H groups in total. The predicted molar refractivity (Wildman–Crippen MR) is 73.0 cm³/mol. The number of rotatable bonds is 5. The van der Waals surface area contributed by atoms with Gasteiger partial charge in [-0.15, -0.1) is 0 Å². The summed E-state index contributed by atoms with van der Waals surface area (Å²) in [5, 5.41) is 14.0. The largest absolute Gasteiger partial charge is 0.313 e. The van der Waals surface area contributed by atoms with E-state index in [0.29, 0.717) is 4.47 Å². The summed E-state index contributed by atoms with van der Waals surface area (Å²) >= 11 is 3.16. The highest BCUT2D eigenvalue weighted by atomic mass is 79.9. The Balaban J connectivity index is 2.92. The van der Waals surface area contributed by atoms with Crippen molar-refractivity contribution in [3.8, 4) is 0 Å². The molecule has 1 rings (SSSR count). The molecule has 0 saturated heterocycles. The second-order valence-corrected chi connectivity index (χ2v) is 4.59. The molecule has 0 spiro atoms. The lowest BCUT2D eigenvalue weighted by atomic mass is 10.1. The summed E-state index contributed by atoms with van der Waals surface area (Å²) in [7, 11) is 0. The first-order valence-electron chi connectivity index (χ1n) is 5.36. The molecule has 0 radical (unpaired) electrons. The number of hydrogen-bond donors (Lipinski definition) is 1. The summed E-state index contributed by atoms with van der Waals surface area (Å²) in [6.45, 7) is 5.74. The Kier molecular flexibility index (Phi) is 5.31. The van der Waals surface area contributed by atoms with Crippen molar-refractivity contribution in [2.24, 2.45) is 0 Å². The molecule has 4 nitrogen and oxygen atoms in total. The first-order valence-corrected chi connectivity index (χ1v) is 6.15. The molecule has 1 aromatic carbocycles. The van der Waals surface area contributed by atoms with Crippen LogP contribution in [0.4, 0.5) is 5.69 Å². The van der Waals surface area contributed by atoms with Crippen LogP contribution in [0.25, 0.3) is 6.08 Å². The molecule has 0 bridgehead atoms. The van der Waals surface area contributed by atoms with Gasteiger partial charge in [-0.1, -0.05) is 24.6 Å². The van der Waals surface area contributed by atoms with E-state index < -0.39 is 0 Å². The van der Waals surface area contributed by atoms with E-state index in [1.807, 2.05) is 26.0 Å². The van der Waals surface area contributed by atoms with Gasteiger partial charge in [-0.25, -0.2) is 0 Å². The molecular weight excluding hydrogens is 284 g/mol. The molecule has 5 heteroatoms. The van der Waals surface area contributed by atoms with E-state index >= 15 is 0 Å². The summed E-state index contributed by atoms with van der Waals surface area (Å²) in [5.74, 6) is 0. The lowest BCUT2D eigenvalue weighted by molar-refractivity contribution is -0.385. The Morgan fingerprint density at radius 3 is 2.88 bits per heavy atom. The molecule has 0 aliphatic heterocycles. The van der Waals surface area contributed by atoms with E-state index in [0.717, 1.165) is 24.2 Å². The fourth-order valence-corrected chi connectivity index (χ4v) is 1.81. The van der Waals surface area contributed by atoms with Gasteiger partial charge >= 0.3 is 0 Å². The van der Waals surface area contributed by atoms with Crippen LogP contribution in [-0.2, 0) is 0 Å². The van der Waals surface area contributed by atoms with Crippen LogP contribution in [0.2, 0.25) is 0 Å². The fraction of sp³-hybridized carbons (Fsp3) is 0.333. The van der Waals surface area contributed by atoms with Gasteiger partial charge in [-0.05, 0) is 41.0 Å². The zero-order chi connectivity index (χ0) is 12.8. The number of halogens is 1. The SMILES string of the molecule is CCNCC(C)=Cc1ccc(Br)c([N+](=O)[O-])c1. The number of nitrogens with one attached hydrogen (secondary N) is 1. The van der Waals surface area contributed by atoms with Crippen molar-refractivity contribution in [1.29, 1.82) is 0 Å². The molecule has 0 amide bonds. The van der Waals surface area contributed by atoms with Crippen molar-refractivity contribution < 1.29 is 4.92 Å². The second kappa shape index (κ2) is 6.51. The van der Waals surface area contributed by atoms with E-state index in [2.05, 4.69) is 21.2 Å². The van der Waals surface area contributed by atoms with Crippen LogP contribution in [0.3, 0.4) is 0 Å². The molecule has 17 heavy (non-hydrogen) atoms. The Morgan fingerprint density at radius 2 is 2.29 bits per heavy atom. The molecule has 92 valence electrons. The molecule has 0 aliphatic carbocycles. The minimum absolute atomic E-state index is 0.0926. The van der Waals surface area contributed by atoms with Crippen LogP contribution in [-0.4, -0.2) is 18.0 Å². The van der Waals surface area contributed by atoms with Gasteiger partial charge in [-0.2, -0.15) is 0 Å². The molecule has 0 aliphatic rings. The lowest BCUT2D eigenvalue weighted by Crippen LogP contribution is -2.14. The number of nitro groups is 1. The lowest BCUT2D eigenvalue weighted by Gasteiger charge is -2.02. The van der Waals surface area contributed by atoms with E-state index in [1.54, 1.807) is 12.1 Å². The smallest absolute Gasteiger partial charge is 0.284 e. The van der Waals surface area contributed by atoms with Crippen molar-refractivity contribution in [3.05, 3.63) is 43.9 Å². The standard InChI is InChI=1S/C12H15BrN2O2/c1-3-14-8-9(2)6-10-4-5-11(13)12(7-10)15(16)17/h4-7,14H,3,8H2,1-2H3. The third-order valence-electron chi connectivity index (χ3n) is 2.23. The van der Waals surface area contributed by atoms with Crippen molar-refractivity contribution in [1.82, 2.24) is 5.32 Å². The molecule has 0 saturated carbocycles. The van der Waals surface area contributed by atoms with Gasteiger partial charge in [0.2, 0.25) is 0 Å². The Bertz CT molecular complexity index is 444. The average Bonchev–Trinajstić information content (AvgIpc) is 2.28. The Hall–Kier alpha value is -1.20. The molecular formula is C12H15BrN2O2. The zero-order valence-electron chi connectivity index (χ0n) is 9.87. The molecule has 0 heterocycles. The predicted octanol–water partition coefficient (Wildman–Crippen LogP) is 3.37. The van der Waals surface area contributed by atoms with Crippen molar-refractivity contribution in [2.75, 3.05) is 13.1 Å². The van der Waals surface area contributed by atoms with Crippen molar-refractivity contribution in [3.63, 3.8) is 0 Å². The first kappa shape index (κ1) is 13.9. The van der Waals surface area contributed by atoms with Crippen LogP contribution < -0.4 is 5.32 Å². The van der Waals surface area contributed by atoms with E-state index in [4.69, 9.17) is 0 Å². The number of likely N-dealkylation sites (N-methyl/N-ethyl adjacent to an activating group) is 1. The van der Waals surface area contributed by atoms with Gasteiger partial charge in [0.25, 0.3) is 5.69 Å². The van der Waals surface area contributed by atoms with E-state index in [1.165, 1.54) is 0 Å². The normalized spacial score (nSPS) is 11.6. The summed E-state index contributed by atoms with van der Waals surface area (Å²) in [6, 6.07) is 5.12. The maximum absolute atomic E-state index is 10.8. The molecule has 0 fully saturated rings. The third kappa shape index (κ3) is 4.28. The van der Waals surface area contributed by atoms with E-state index in [-0.39, 0.29) is 10.6 Å². The molecule has 0 unspecified atom stereocenters. The minimum atomic E-state index is -0.388. The maximum Gasteiger partial charge on any atom is 0.284 e. The highest BCUT2D eigenvalue weighted by Crippen LogP contribution is 2.26. The summed E-state index contributed by atoms with van der Waals surface area (Å²) in [6.07, 6.45) is 1.95. The first-order chi connectivity index (χ1) is 8.04. The highest BCUT2D eigenvalue weighted by molar-refractivity contribution is 9.10. The van der Waals surface area contributed by atoms with Gasteiger partial charge in [0.1, 0.15) is 0 Å². The maximum atomic E-state index is 10.8. The van der Waals surface area contributed by atoms with Gasteiger partial charge in [0.05, 0.1) is 9.40 Å². The average molecular weight is 299 g/mol. The van der Waals surface area contributed by atoms with Crippen LogP contribution in [0, 0.1) is 10.1 Å². The van der Waals surface area contributed by atoms with Gasteiger partial charge in [-0.3, -0.25) is 10.1 Å². The fourth-order valence-electron chi connectivity index (χ4n) is 1.42. The van der Waals surface area contributed by atoms with Gasteiger partial charge in [0, 0.05) is 12.6 Å². The Morgan fingerprint density at radius 1 is 1.59 bits per heavy atom. The third-order valence-corrected chi connectivity index (χ3v) is 2.90. The van der Waals surface area contributed by atoms with Crippen LogP contribution in [0.1, 0.15) is 19.4 Å². The van der Waals surface area contributed by atoms with Crippen LogP contribution >= 0.6 is 15.9 Å². The Labute approximate surface area is 109 Å². The number of nitrogens with zero attached hydrogens (tertiary/aromatic N) is 1. The van der Waals surface area contributed by atoms with Gasteiger partial charge < -0.3 is 5.32 Å². The minimum Gasteiger partial charge on any atom is -0.313 e. The monoisotopic (exact) mass is 298 g/mol. The molecule has 0 atom stereocenters. The van der Waals surface area contributed by atoms with E-state index in [9.17, 15) is 10.1 Å². The van der Waals surface area contributed by atoms with Crippen LogP contribution in [0.15, 0.2) is 28.2 Å². The summed E-state index contributed by atoms with van der Waals surface area (Å²) in [5.41, 5.74) is 2.08. The topological polar surface area (TPSA) is 55.2 Å². The molecule has 1 aromatic rings. The zero-order valence-corrected chi connectivity index (χ0v) is 11.5. The number of hydrogen-bond acceptors (Lipinski definition) is 3. The summed E-state index contributed by atoms with van der Waals surface area (Å²) < 4.78 is 0.504. The molecule has 0 aromatic heterocycles. The van der Waals surface area contributed by atoms with Gasteiger partial charge in [0.15, 0.2) is 0 Å². The van der Waals surface area contributed by atoms with Crippen molar-refractivity contribution in [2.45, 2.75) is 13.8 Å². The second-order valence-electron chi connectivity index (χ2n) is 3.74. The highest BCUT2D eigenvalue weighted by Gasteiger charge is 2.11. The van der Waals surface area contributed by atoms with Crippen LogP contribution in [0.5, 0.6) is 0 Å². The summed E-state index contributed by atoms with van der Waals surface area (Å²) in [4.78, 5) is 10.4. The number of nitro benzene ring substituents is 1. The quantitative estimate of drug-likeness (QED) is 0.670. The number of benzene rings is 1.